The summed E-state index contributed by atoms with van der Waals surface area (Å²) in [5.74, 6) is 1.54. The number of hydrogen-bond donors (Lipinski definition) is 0. The lowest BCUT2D eigenvalue weighted by atomic mass is 9.86. The minimum Gasteiger partial charge on any atom is -0.457 e. The van der Waals surface area contributed by atoms with Crippen molar-refractivity contribution >= 4 is 49.3 Å². The first-order valence-electron chi connectivity index (χ1n) is 16.0. The number of hydrogen-bond acceptors (Lipinski definition) is 3. The Labute approximate surface area is 272 Å². The summed E-state index contributed by atoms with van der Waals surface area (Å²) >= 11 is 0. The third-order valence-corrected chi connectivity index (χ3v) is 9.15. The SMILES string of the molecule is CC(C)(C)c1cc(Oc2ccc3c4ccccc4n4cc(-c5ccccc5)nc4c3c2)cc(-n2c3ccccc3c3cccnc32)c1. The average molecular weight is 609 g/mol. The molecule has 0 N–H and O–H groups in total. The number of benzene rings is 5. The summed E-state index contributed by atoms with van der Waals surface area (Å²) in [7, 11) is 0. The summed E-state index contributed by atoms with van der Waals surface area (Å²) in [6.45, 7) is 6.71. The highest BCUT2D eigenvalue weighted by Gasteiger charge is 2.20. The molecule has 4 aromatic heterocycles. The van der Waals surface area contributed by atoms with Gasteiger partial charge in [0.2, 0.25) is 0 Å². The van der Waals surface area contributed by atoms with Crippen molar-refractivity contribution in [2.24, 2.45) is 0 Å². The molecule has 47 heavy (non-hydrogen) atoms. The number of nitrogens with zero attached hydrogens (tertiary/aromatic N) is 4. The normalized spacial score (nSPS) is 12.1. The van der Waals surface area contributed by atoms with Crippen molar-refractivity contribution in [3.05, 3.63) is 145 Å². The second-order valence-corrected chi connectivity index (χ2v) is 13.2. The molecule has 226 valence electrons. The summed E-state index contributed by atoms with van der Waals surface area (Å²) < 4.78 is 11.2. The fourth-order valence-corrected chi connectivity index (χ4v) is 6.82. The predicted octanol–water partition coefficient (Wildman–Crippen LogP) is 10.9. The monoisotopic (exact) mass is 608 g/mol. The molecule has 0 atom stereocenters. The third-order valence-electron chi connectivity index (χ3n) is 9.15. The second kappa shape index (κ2) is 10.3. The maximum Gasteiger partial charge on any atom is 0.146 e. The van der Waals surface area contributed by atoms with Crippen LogP contribution in [0.2, 0.25) is 0 Å². The van der Waals surface area contributed by atoms with Gasteiger partial charge in [-0.3, -0.25) is 8.97 Å². The fourth-order valence-electron chi connectivity index (χ4n) is 6.82. The molecule has 0 saturated heterocycles. The van der Waals surface area contributed by atoms with Gasteiger partial charge in [-0.15, -0.1) is 0 Å². The number of ether oxygens (including phenoxy) is 1. The third kappa shape index (κ3) is 4.46. The zero-order chi connectivity index (χ0) is 31.7. The predicted molar refractivity (Wildman–Crippen MR) is 193 cm³/mol. The van der Waals surface area contributed by atoms with Crippen LogP contribution in [0.3, 0.4) is 0 Å². The molecular weight excluding hydrogens is 576 g/mol. The van der Waals surface area contributed by atoms with Crippen molar-refractivity contribution in [2.45, 2.75) is 26.2 Å². The molecule has 9 aromatic rings. The number of rotatable bonds is 4. The zero-order valence-corrected chi connectivity index (χ0v) is 26.5. The van der Waals surface area contributed by atoms with Crippen molar-refractivity contribution in [3.8, 4) is 28.4 Å². The van der Waals surface area contributed by atoms with E-state index in [0.29, 0.717) is 0 Å². The Balaban J connectivity index is 1.23. The lowest BCUT2D eigenvalue weighted by molar-refractivity contribution is 0.479. The standard InChI is InChI=1S/C42H32N4O/c1-42(2,3)28-22-29(46-39-18-10-8-15-34(39)35-16-11-21-43-40(35)46)24-31(23-28)47-30-19-20-32-33-14-7-9-17-38(33)45-26-37(27-12-5-4-6-13-27)44-41(45)36(32)25-30/h4-26H,1-3H3. The van der Waals surface area contributed by atoms with Crippen molar-refractivity contribution < 1.29 is 4.74 Å². The first kappa shape index (κ1) is 27.4. The van der Waals surface area contributed by atoms with Gasteiger partial charge in [-0.2, -0.15) is 0 Å². The molecule has 5 heteroatoms. The van der Waals surface area contributed by atoms with Crippen LogP contribution in [0, 0.1) is 0 Å². The molecule has 4 heterocycles. The van der Waals surface area contributed by atoms with Crippen LogP contribution >= 0.6 is 0 Å². The Morgan fingerprint density at radius 3 is 2.11 bits per heavy atom. The Morgan fingerprint density at radius 1 is 0.574 bits per heavy atom. The van der Waals surface area contributed by atoms with Crippen LogP contribution in [0.15, 0.2) is 140 Å². The Kier molecular flexibility index (Phi) is 6.00. The smallest absolute Gasteiger partial charge is 0.146 e. The van der Waals surface area contributed by atoms with Crippen molar-refractivity contribution in [1.29, 1.82) is 0 Å². The van der Waals surface area contributed by atoms with E-state index in [4.69, 9.17) is 14.7 Å². The van der Waals surface area contributed by atoms with E-state index < -0.39 is 0 Å². The van der Waals surface area contributed by atoms with Gasteiger partial charge in [0.25, 0.3) is 0 Å². The zero-order valence-electron chi connectivity index (χ0n) is 26.5. The molecule has 0 saturated carbocycles. The molecule has 0 spiro atoms. The minimum absolute atomic E-state index is 0.0987. The molecule has 0 bridgehead atoms. The first-order chi connectivity index (χ1) is 22.9. The lowest BCUT2D eigenvalue weighted by Crippen LogP contribution is -2.12. The number of aromatic nitrogens is 4. The highest BCUT2D eigenvalue weighted by molar-refractivity contribution is 6.12. The summed E-state index contributed by atoms with van der Waals surface area (Å²) in [4.78, 5) is 9.98. The Hall–Kier alpha value is -5.94. The van der Waals surface area contributed by atoms with Gasteiger partial charge >= 0.3 is 0 Å². The summed E-state index contributed by atoms with van der Waals surface area (Å²) in [6, 6.07) is 44.4. The van der Waals surface area contributed by atoms with Gasteiger partial charge in [-0.05, 0) is 71.0 Å². The maximum atomic E-state index is 6.77. The van der Waals surface area contributed by atoms with Crippen molar-refractivity contribution in [3.63, 3.8) is 0 Å². The van der Waals surface area contributed by atoms with E-state index in [2.05, 4.69) is 151 Å². The second-order valence-electron chi connectivity index (χ2n) is 13.2. The summed E-state index contributed by atoms with van der Waals surface area (Å²) in [5.41, 5.74) is 8.21. The van der Waals surface area contributed by atoms with E-state index in [9.17, 15) is 0 Å². The van der Waals surface area contributed by atoms with Gasteiger partial charge in [0.15, 0.2) is 0 Å². The van der Waals surface area contributed by atoms with Gasteiger partial charge in [-0.1, -0.05) is 87.5 Å². The molecule has 0 aliphatic carbocycles. The van der Waals surface area contributed by atoms with Crippen LogP contribution in [0.5, 0.6) is 11.5 Å². The summed E-state index contributed by atoms with van der Waals surface area (Å²) in [5, 5.41) is 5.68. The topological polar surface area (TPSA) is 44.4 Å². The fraction of sp³-hybridized carbons (Fsp3) is 0.0952. The van der Waals surface area contributed by atoms with Crippen LogP contribution in [0.4, 0.5) is 0 Å². The number of pyridine rings is 2. The summed E-state index contributed by atoms with van der Waals surface area (Å²) in [6.07, 6.45) is 4.00. The quantitative estimate of drug-likeness (QED) is 0.187. The van der Waals surface area contributed by atoms with Gasteiger partial charge in [0.1, 0.15) is 22.8 Å². The maximum absolute atomic E-state index is 6.77. The van der Waals surface area contributed by atoms with Crippen molar-refractivity contribution in [1.82, 2.24) is 18.9 Å². The van der Waals surface area contributed by atoms with Crippen LogP contribution in [0.1, 0.15) is 26.3 Å². The Bertz CT molecular complexity index is 2590. The van der Waals surface area contributed by atoms with Crippen LogP contribution in [-0.4, -0.2) is 18.9 Å². The van der Waals surface area contributed by atoms with Gasteiger partial charge in [-0.25, -0.2) is 9.97 Å². The molecule has 0 fully saturated rings. The largest absolute Gasteiger partial charge is 0.457 e. The first-order valence-corrected chi connectivity index (χ1v) is 16.0. The minimum atomic E-state index is -0.0987. The van der Waals surface area contributed by atoms with Crippen LogP contribution in [0.25, 0.3) is 66.2 Å². The molecule has 5 nitrogen and oxygen atoms in total. The van der Waals surface area contributed by atoms with Gasteiger partial charge < -0.3 is 4.74 Å². The van der Waals surface area contributed by atoms with E-state index >= 15 is 0 Å². The Morgan fingerprint density at radius 2 is 1.30 bits per heavy atom. The van der Waals surface area contributed by atoms with Crippen molar-refractivity contribution in [2.75, 3.05) is 0 Å². The lowest BCUT2D eigenvalue weighted by Gasteiger charge is -2.22. The molecule has 0 amide bonds. The molecule has 0 aliphatic heterocycles. The molecule has 0 aliphatic rings. The molecule has 9 rings (SSSR count). The number of imidazole rings is 1. The van der Waals surface area contributed by atoms with Crippen LogP contribution < -0.4 is 4.74 Å². The van der Waals surface area contributed by atoms with Gasteiger partial charge in [0, 0.05) is 45.6 Å². The molecular formula is C42H32N4O. The molecule has 0 radical (unpaired) electrons. The van der Waals surface area contributed by atoms with Crippen LogP contribution in [-0.2, 0) is 5.41 Å². The van der Waals surface area contributed by atoms with E-state index in [1.165, 1.54) is 16.3 Å². The number of para-hydroxylation sites is 2. The average Bonchev–Trinajstić information content (AvgIpc) is 3.69. The highest BCUT2D eigenvalue weighted by atomic mass is 16.5. The van der Waals surface area contributed by atoms with E-state index in [1.807, 2.05) is 18.3 Å². The highest BCUT2D eigenvalue weighted by Crippen LogP contribution is 2.38. The molecule has 0 unspecified atom stereocenters. The number of fused-ring (bicyclic) bond motifs is 9. The van der Waals surface area contributed by atoms with Gasteiger partial charge in [0.05, 0.1) is 22.4 Å². The van der Waals surface area contributed by atoms with E-state index in [0.717, 1.165) is 66.9 Å². The molecule has 5 aromatic carbocycles. The van der Waals surface area contributed by atoms with E-state index in [-0.39, 0.29) is 5.41 Å². The van der Waals surface area contributed by atoms with E-state index in [1.54, 1.807) is 0 Å².